The largest absolute Gasteiger partial charge is 0.493 e. The van der Waals surface area contributed by atoms with Crippen LogP contribution in [-0.2, 0) is 21.2 Å². The van der Waals surface area contributed by atoms with Gasteiger partial charge in [-0.1, -0.05) is 41.4 Å². The highest BCUT2D eigenvalue weighted by Crippen LogP contribution is 2.40. The molecule has 4 aromatic rings. The van der Waals surface area contributed by atoms with Crippen LogP contribution in [0.2, 0.25) is 10.0 Å². The maximum atomic E-state index is 15.1. The molecule has 254 valence electrons. The number of para-hydroxylation sites is 1. The Kier molecular flexibility index (Phi) is 11.3. The first-order valence-corrected chi connectivity index (χ1v) is 18.1. The molecule has 1 N–H and O–H groups in total. The highest BCUT2D eigenvalue weighted by atomic mass is 35.5. The molecule has 0 spiro atoms. The number of carbonyl (C=O) groups excluding carboxylic acids is 2. The summed E-state index contributed by atoms with van der Waals surface area (Å²) in [7, 11) is -3.26. The van der Waals surface area contributed by atoms with Crippen molar-refractivity contribution in [2.45, 2.75) is 32.7 Å². The molecule has 0 atom stereocenters. The zero-order valence-electron chi connectivity index (χ0n) is 26.5. The lowest BCUT2D eigenvalue weighted by Gasteiger charge is -2.23. The Labute approximate surface area is 288 Å². The summed E-state index contributed by atoms with van der Waals surface area (Å²) in [6.45, 7) is 3.07. The normalized spacial score (nSPS) is 13.0. The van der Waals surface area contributed by atoms with Crippen LogP contribution in [0.1, 0.15) is 40.7 Å². The monoisotopic (exact) mass is 716 g/mol. The molecule has 0 bridgehead atoms. The van der Waals surface area contributed by atoms with Gasteiger partial charge in [0, 0.05) is 69.8 Å². The first-order valence-electron chi connectivity index (χ1n) is 15.3. The van der Waals surface area contributed by atoms with Gasteiger partial charge in [0.25, 0.3) is 5.91 Å². The van der Waals surface area contributed by atoms with Crippen molar-refractivity contribution in [3.8, 4) is 22.6 Å². The van der Waals surface area contributed by atoms with Gasteiger partial charge in [0.05, 0.1) is 37.4 Å². The van der Waals surface area contributed by atoms with E-state index in [1.807, 2.05) is 37.3 Å². The van der Waals surface area contributed by atoms with Gasteiger partial charge >= 0.3 is 0 Å². The third kappa shape index (κ3) is 8.66. The summed E-state index contributed by atoms with van der Waals surface area (Å²) < 4.78 is 51.3. The number of benzene rings is 3. The number of hydrogen-bond acceptors (Lipinski definition) is 7. The van der Waals surface area contributed by atoms with Crippen LogP contribution < -0.4 is 19.7 Å². The van der Waals surface area contributed by atoms with Crippen LogP contribution in [0.15, 0.2) is 60.9 Å². The molecule has 14 heteroatoms. The Hall–Kier alpha value is -4.13. The Bertz CT molecular complexity index is 1910. The minimum Gasteiger partial charge on any atom is -0.493 e. The van der Waals surface area contributed by atoms with Gasteiger partial charge in [-0.2, -0.15) is 5.10 Å². The highest BCUT2D eigenvalue weighted by Gasteiger charge is 2.25. The van der Waals surface area contributed by atoms with E-state index in [4.69, 9.17) is 32.7 Å². The molecule has 0 saturated heterocycles. The molecule has 10 nitrogen and oxygen atoms in total. The number of fused-ring (bicyclic) bond motifs is 1. The van der Waals surface area contributed by atoms with Crippen LogP contribution in [0.4, 0.5) is 10.1 Å². The summed E-state index contributed by atoms with van der Waals surface area (Å²) in [4.78, 5) is 27.6. The fraction of sp³-hybridized carbons (Fsp3) is 0.324. The molecule has 5 rings (SSSR count). The molecule has 1 aromatic heterocycles. The van der Waals surface area contributed by atoms with Gasteiger partial charge in [-0.15, -0.1) is 0 Å². The third-order valence-corrected chi connectivity index (χ3v) is 9.49. The number of aromatic nitrogens is 2. The van der Waals surface area contributed by atoms with Crippen molar-refractivity contribution in [1.29, 1.82) is 0 Å². The third-order valence-electron chi connectivity index (χ3n) is 7.80. The maximum Gasteiger partial charge on any atom is 0.251 e. The summed E-state index contributed by atoms with van der Waals surface area (Å²) in [5, 5.41) is 7.51. The minimum atomic E-state index is -3.26. The molecule has 3 aromatic carbocycles. The second-order valence-electron chi connectivity index (χ2n) is 11.4. The van der Waals surface area contributed by atoms with Crippen LogP contribution in [0.25, 0.3) is 11.1 Å². The molecule has 0 fully saturated rings. The van der Waals surface area contributed by atoms with E-state index in [1.54, 1.807) is 23.4 Å². The van der Waals surface area contributed by atoms with E-state index in [9.17, 15) is 18.0 Å². The predicted molar refractivity (Wildman–Crippen MR) is 184 cm³/mol. The minimum absolute atomic E-state index is 0.0160. The molecule has 0 aliphatic carbocycles. The Morgan fingerprint density at radius 3 is 2.69 bits per heavy atom. The number of anilines is 1. The number of rotatable bonds is 12. The molecule has 2 heterocycles. The van der Waals surface area contributed by atoms with Crippen molar-refractivity contribution in [1.82, 2.24) is 15.1 Å². The summed E-state index contributed by atoms with van der Waals surface area (Å²) in [6.07, 6.45) is 5.88. The average molecular weight is 718 g/mol. The molecule has 1 aliphatic heterocycles. The van der Waals surface area contributed by atoms with E-state index in [0.29, 0.717) is 60.4 Å². The number of nitrogens with zero attached hydrogens (tertiary/aromatic N) is 3. The Balaban J connectivity index is 1.27. The van der Waals surface area contributed by atoms with Crippen LogP contribution in [0, 0.1) is 12.7 Å². The lowest BCUT2D eigenvalue weighted by atomic mass is 10.1. The highest BCUT2D eigenvalue weighted by molar-refractivity contribution is 7.90. The van der Waals surface area contributed by atoms with Gasteiger partial charge in [0.2, 0.25) is 5.91 Å². The molecule has 1 aliphatic rings. The first kappa shape index (κ1) is 35.2. The van der Waals surface area contributed by atoms with Gasteiger partial charge in [-0.3, -0.25) is 14.3 Å². The molecule has 0 unspecified atom stereocenters. The molecule has 48 heavy (non-hydrogen) atoms. The molecule has 0 radical (unpaired) electrons. The summed E-state index contributed by atoms with van der Waals surface area (Å²) in [5.74, 6) is -0.359. The van der Waals surface area contributed by atoms with Crippen molar-refractivity contribution in [3.05, 3.63) is 93.5 Å². The Morgan fingerprint density at radius 2 is 1.92 bits per heavy atom. The maximum absolute atomic E-state index is 15.1. The van der Waals surface area contributed by atoms with Crippen molar-refractivity contribution in [3.63, 3.8) is 0 Å². The number of ether oxygens (including phenoxy) is 2. The SMILES string of the molecule is Cc1c(Cl)cccc1OCCCC(=O)N1CCCOc2c(-c3cnn(Cc4c(F)cc(C(=O)NCCS(C)(=O)=O)cc4Cl)c3)cccc21. The lowest BCUT2D eigenvalue weighted by Crippen LogP contribution is -2.31. The quantitative estimate of drug-likeness (QED) is 0.176. The van der Waals surface area contributed by atoms with Crippen molar-refractivity contribution >= 4 is 50.5 Å². The van der Waals surface area contributed by atoms with Gasteiger partial charge in [0.1, 0.15) is 21.4 Å². The van der Waals surface area contributed by atoms with E-state index in [2.05, 4.69) is 10.4 Å². The number of carbonyl (C=O) groups is 2. The second kappa shape index (κ2) is 15.4. The van der Waals surface area contributed by atoms with Crippen LogP contribution in [-0.4, -0.2) is 68.3 Å². The summed E-state index contributed by atoms with van der Waals surface area (Å²) in [5.41, 5.74) is 3.05. The number of amides is 2. The van der Waals surface area contributed by atoms with Crippen LogP contribution in [0.3, 0.4) is 0 Å². The topological polar surface area (TPSA) is 120 Å². The number of nitrogens with one attached hydrogen (secondary N) is 1. The van der Waals surface area contributed by atoms with E-state index in [0.717, 1.165) is 23.4 Å². The standard InChI is InChI=1S/C34H35Cl2FN4O6S/c1-22-27(35)8-4-10-31(22)46-14-5-11-32(42)41-13-6-15-47-33-25(7-3-9-30(33)41)24-19-39-40(20-24)21-26-28(36)17-23(18-29(26)37)34(43)38-12-16-48(2,44)45/h3-4,7-10,17-20H,5-6,11-16,21H2,1-2H3,(H,38,43). The van der Waals surface area contributed by atoms with E-state index in [1.165, 1.54) is 10.7 Å². The van der Waals surface area contributed by atoms with Gasteiger partial charge in [-0.25, -0.2) is 12.8 Å². The number of hydrogen-bond donors (Lipinski definition) is 1. The smallest absolute Gasteiger partial charge is 0.251 e. The van der Waals surface area contributed by atoms with E-state index >= 15 is 4.39 Å². The zero-order chi connectivity index (χ0) is 34.4. The number of sulfone groups is 1. The predicted octanol–water partition coefficient (Wildman–Crippen LogP) is 6.10. The second-order valence-corrected chi connectivity index (χ2v) is 14.5. The van der Waals surface area contributed by atoms with Crippen LogP contribution >= 0.6 is 23.2 Å². The first-order chi connectivity index (χ1) is 22.9. The fourth-order valence-electron chi connectivity index (χ4n) is 5.27. The Morgan fingerprint density at radius 1 is 1.12 bits per heavy atom. The van der Waals surface area contributed by atoms with Crippen molar-refractivity contribution in [2.24, 2.45) is 0 Å². The lowest BCUT2D eigenvalue weighted by molar-refractivity contribution is -0.118. The molecular formula is C34H35Cl2FN4O6S. The fourth-order valence-corrected chi connectivity index (χ4v) is 6.17. The molecule has 2 amide bonds. The summed E-state index contributed by atoms with van der Waals surface area (Å²) in [6, 6.07) is 13.5. The van der Waals surface area contributed by atoms with E-state index in [-0.39, 0.29) is 47.3 Å². The van der Waals surface area contributed by atoms with Gasteiger partial charge in [0.15, 0.2) is 5.75 Å². The van der Waals surface area contributed by atoms with Crippen molar-refractivity contribution in [2.75, 3.05) is 43.2 Å². The number of halogens is 3. The van der Waals surface area contributed by atoms with E-state index < -0.39 is 21.6 Å². The zero-order valence-corrected chi connectivity index (χ0v) is 28.8. The van der Waals surface area contributed by atoms with Crippen molar-refractivity contribution < 1.29 is 31.9 Å². The summed E-state index contributed by atoms with van der Waals surface area (Å²) >= 11 is 12.6. The molecule has 0 saturated carbocycles. The van der Waals surface area contributed by atoms with Gasteiger partial charge < -0.3 is 19.7 Å². The van der Waals surface area contributed by atoms with Gasteiger partial charge in [-0.05, 0) is 50.1 Å². The average Bonchev–Trinajstić information content (AvgIpc) is 3.39. The molecular weight excluding hydrogens is 682 g/mol. The van der Waals surface area contributed by atoms with Crippen LogP contribution in [0.5, 0.6) is 11.5 Å².